The Hall–Kier alpha value is -3.18. The van der Waals surface area contributed by atoms with Crippen LogP contribution in [0.4, 0.5) is 4.79 Å². The first-order valence-electron chi connectivity index (χ1n) is 9.46. The van der Waals surface area contributed by atoms with Crippen LogP contribution in [-0.2, 0) is 16.9 Å². The van der Waals surface area contributed by atoms with E-state index in [1.807, 2.05) is 67.7 Å². The number of amides is 3. The summed E-state index contributed by atoms with van der Waals surface area (Å²) >= 11 is 0. The molecule has 142 valence electrons. The fourth-order valence-corrected chi connectivity index (χ4v) is 3.81. The van der Waals surface area contributed by atoms with Crippen molar-refractivity contribution in [3.05, 3.63) is 83.9 Å². The van der Waals surface area contributed by atoms with Crippen LogP contribution in [0.2, 0.25) is 0 Å². The number of quaternary nitrogens is 1. The van der Waals surface area contributed by atoms with Crippen LogP contribution in [0.25, 0.3) is 10.8 Å². The predicted molar refractivity (Wildman–Crippen MR) is 109 cm³/mol. The van der Waals surface area contributed by atoms with E-state index >= 15 is 0 Å². The number of carbonyl (C=O) groups is 2. The number of benzene rings is 3. The Labute approximate surface area is 164 Å². The van der Waals surface area contributed by atoms with Crippen LogP contribution in [0, 0.1) is 0 Å². The Morgan fingerprint density at radius 2 is 1.61 bits per heavy atom. The van der Waals surface area contributed by atoms with Gasteiger partial charge in [0.2, 0.25) is 0 Å². The van der Waals surface area contributed by atoms with Crippen LogP contribution < -0.4 is 10.2 Å². The van der Waals surface area contributed by atoms with Gasteiger partial charge in [-0.05, 0) is 29.3 Å². The molecule has 0 saturated carbocycles. The molecule has 1 saturated heterocycles. The second-order valence-electron chi connectivity index (χ2n) is 7.63. The van der Waals surface area contributed by atoms with Crippen molar-refractivity contribution in [1.82, 2.24) is 10.2 Å². The van der Waals surface area contributed by atoms with E-state index in [1.54, 1.807) is 6.92 Å². The van der Waals surface area contributed by atoms with Crippen molar-refractivity contribution < 1.29 is 14.5 Å². The van der Waals surface area contributed by atoms with Crippen LogP contribution >= 0.6 is 0 Å². The van der Waals surface area contributed by atoms with E-state index in [0.717, 1.165) is 27.8 Å². The molecule has 2 N–H and O–H groups in total. The van der Waals surface area contributed by atoms with Crippen LogP contribution in [0.15, 0.2) is 72.8 Å². The molecule has 3 amide bonds. The zero-order valence-electron chi connectivity index (χ0n) is 16.1. The molecule has 5 heteroatoms. The van der Waals surface area contributed by atoms with Crippen molar-refractivity contribution in [3.8, 4) is 0 Å². The number of fused-ring (bicyclic) bond motifs is 1. The lowest BCUT2D eigenvalue weighted by atomic mass is 9.90. The van der Waals surface area contributed by atoms with Gasteiger partial charge in [-0.25, -0.2) is 9.69 Å². The van der Waals surface area contributed by atoms with Gasteiger partial charge in [0.15, 0.2) is 6.67 Å². The molecular formula is C23H24N3O2+. The number of urea groups is 1. The molecule has 1 aliphatic heterocycles. The molecule has 3 aromatic carbocycles. The lowest BCUT2D eigenvalue weighted by Crippen LogP contribution is -3.09. The number of imide groups is 1. The number of nitrogens with one attached hydrogen (secondary N) is 2. The minimum atomic E-state index is -1.05. The first-order chi connectivity index (χ1) is 13.5. The molecule has 1 heterocycles. The van der Waals surface area contributed by atoms with Gasteiger partial charge in [0.1, 0.15) is 12.1 Å². The second kappa shape index (κ2) is 7.09. The van der Waals surface area contributed by atoms with E-state index in [4.69, 9.17) is 0 Å². The Kier molecular flexibility index (Phi) is 4.61. The van der Waals surface area contributed by atoms with E-state index in [0.29, 0.717) is 6.67 Å². The van der Waals surface area contributed by atoms with Crippen LogP contribution in [0.5, 0.6) is 0 Å². The van der Waals surface area contributed by atoms with Gasteiger partial charge in [0, 0.05) is 5.56 Å². The highest BCUT2D eigenvalue weighted by Gasteiger charge is 2.50. The summed E-state index contributed by atoms with van der Waals surface area (Å²) in [6.45, 7) is 2.84. The minimum Gasteiger partial charge on any atom is -0.319 e. The van der Waals surface area contributed by atoms with Gasteiger partial charge in [-0.3, -0.25) is 4.79 Å². The van der Waals surface area contributed by atoms with E-state index in [9.17, 15) is 9.59 Å². The average Bonchev–Trinajstić information content (AvgIpc) is 2.92. The number of hydrogen-bond acceptors (Lipinski definition) is 2. The van der Waals surface area contributed by atoms with Gasteiger partial charge in [-0.15, -0.1) is 0 Å². The summed E-state index contributed by atoms with van der Waals surface area (Å²) in [6.07, 6.45) is 0. The molecule has 0 radical (unpaired) electrons. The van der Waals surface area contributed by atoms with Crippen molar-refractivity contribution in [2.24, 2.45) is 0 Å². The minimum absolute atomic E-state index is 0.208. The van der Waals surface area contributed by atoms with Crippen molar-refractivity contribution in [2.75, 3.05) is 13.7 Å². The lowest BCUT2D eigenvalue weighted by Gasteiger charge is -2.23. The van der Waals surface area contributed by atoms with Gasteiger partial charge in [0.05, 0.1) is 7.05 Å². The van der Waals surface area contributed by atoms with Gasteiger partial charge < -0.3 is 10.2 Å². The first-order valence-corrected chi connectivity index (χ1v) is 9.46. The number of carbonyl (C=O) groups excluding carboxylic acids is 2. The largest absolute Gasteiger partial charge is 0.329 e. The Balaban J connectivity index is 1.55. The van der Waals surface area contributed by atoms with Gasteiger partial charge in [0.25, 0.3) is 5.91 Å². The molecule has 2 atom stereocenters. The SMILES string of the molecule is C[NH+](Cc1ccccc1)CN1C(=O)N[C@](C)(c2ccc3ccccc3c2)C1=O. The molecule has 0 aliphatic carbocycles. The molecule has 0 aromatic heterocycles. The molecular weight excluding hydrogens is 350 g/mol. The molecule has 0 bridgehead atoms. The summed E-state index contributed by atoms with van der Waals surface area (Å²) in [5.41, 5.74) is 0.922. The fourth-order valence-electron chi connectivity index (χ4n) is 3.81. The molecule has 1 unspecified atom stereocenters. The Bertz CT molecular complexity index is 1030. The monoisotopic (exact) mass is 374 g/mol. The van der Waals surface area contributed by atoms with Crippen molar-refractivity contribution in [2.45, 2.75) is 19.0 Å². The highest BCUT2D eigenvalue weighted by atomic mass is 16.2. The topological polar surface area (TPSA) is 53.9 Å². The zero-order chi connectivity index (χ0) is 19.7. The number of hydrogen-bond donors (Lipinski definition) is 2. The molecule has 28 heavy (non-hydrogen) atoms. The summed E-state index contributed by atoms with van der Waals surface area (Å²) in [5, 5.41) is 5.06. The third-order valence-electron chi connectivity index (χ3n) is 5.38. The van der Waals surface area contributed by atoms with Crippen LogP contribution in [-0.4, -0.2) is 30.6 Å². The zero-order valence-corrected chi connectivity index (χ0v) is 16.1. The molecule has 4 rings (SSSR count). The molecule has 3 aromatic rings. The maximum atomic E-state index is 13.2. The van der Waals surface area contributed by atoms with Crippen molar-refractivity contribution >= 4 is 22.7 Å². The van der Waals surface area contributed by atoms with E-state index in [1.165, 1.54) is 10.5 Å². The van der Waals surface area contributed by atoms with Crippen molar-refractivity contribution in [1.29, 1.82) is 0 Å². The summed E-state index contributed by atoms with van der Waals surface area (Å²) in [6, 6.07) is 23.6. The predicted octanol–water partition coefficient (Wildman–Crippen LogP) is 2.28. The first kappa shape index (κ1) is 18.2. The van der Waals surface area contributed by atoms with Gasteiger partial charge >= 0.3 is 6.03 Å². The third kappa shape index (κ3) is 3.25. The smallest absolute Gasteiger partial charge is 0.319 e. The molecule has 1 aliphatic rings. The highest BCUT2D eigenvalue weighted by Crippen LogP contribution is 2.30. The normalized spacial score (nSPS) is 20.4. The van der Waals surface area contributed by atoms with E-state index < -0.39 is 5.54 Å². The van der Waals surface area contributed by atoms with E-state index in [-0.39, 0.29) is 11.9 Å². The molecule has 1 fully saturated rings. The van der Waals surface area contributed by atoms with Crippen LogP contribution in [0.3, 0.4) is 0 Å². The summed E-state index contributed by atoms with van der Waals surface area (Å²) in [7, 11) is 1.99. The van der Waals surface area contributed by atoms with Crippen LogP contribution in [0.1, 0.15) is 18.1 Å². The maximum Gasteiger partial charge on any atom is 0.329 e. The molecule has 5 nitrogen and oxygen atoms in total. The van der Waals surface area contributed by atoms with E-state index in [2.05, 4.69) is 17.4 Å². The lowest BCUT2D eigenvalue weighted by molar-refractivity contribution is -0.901. The maximum absolute atomic E-state index is 13.2. The Morgan fingerprint density at radius 3 is 2.36 bits per heavy atom. The average molecular weight is 374 g/mol. The Morgan fingerprint density at radius 1 is 0.929 bits per heavy atom. The number of rotatable bonds is 5. The van der Waals surface area contributed by atoms with Crippen molar-refractivity contribution in [3.63, 3.8) is 0 Å². The summed E-state index contributed by atoms with van der Waals surface area (Å²) in [5.74, 6) is -0.208. The fraction of sp³-hybridized carbons (Fsp3) is 0.217. The standard InChI is InChI=1S/C23H23N3O2/c1-23(20-13-12-18-10-6-7-11-19(18)14-20)21(27)26(22(28)24-23)16-25(2)15-17-8-4-3-5-9-17/h3-14H,15-16H2,1-2H3,(H,24,28)/p+1/t23-/m1/s1. The number of nitrogens with zero attached hydrogens (tertiary/aromatic N) is 1. The van der Waals surface area contributed by atoms with Gasteiger partial charge in [-0.1, -0.05) is 66.7 Å². The third-order valence-corrected chi connectivity index (χ3v) is 5.38. The molecule has 0 spiro atoms. The highest BCUT2D eigenvalue weighted by molar-refractivity contribution is 6.07. The van der Waals surface area contributed by atoms with Gasteiger partial charge in [-0.2, -0.15) is 0 Å². The quantitative estimate of drug-likeness (QED) is 0.673. The summed E-state index contributed by atoms with van der Waals surface area (Å²) in [4.78, 5) is 28.2. The second-order valence-corrected chi connectivity index (χ2v) is 7.63. The summed E-state index contributed by atoms with van der Waals surface area (Å²) < 4.78 is 0.